The van der Waals surface area contributed by atoms with Gasteiger partial charge in [0.25, 0.3) is 0 Å². The molecule has 28 heavy (non-hydrogen) atoms. The number of ether oxygens (including phenoxy) is 1. The summed E-state index contributed by atoms with van der Waals surface area (Å²) in [5.41, 5.74) is 0.686. The number of nitrogens with one attached hydrogen (secondary N) is 1. The van der Waals surface area contributed by atoms with E-state index in [1.165, 1.54) is 4.31 Å². The zero-order chi connectivity index (χ0) is 20.1. The fraction of sp³-hybridized carbons (Fsp3) is 0.350. The third-order valence-corrected chi connectivity index (χ3v) is 6.99. The molecule has 0 aromatic heterocycles. The second-order valence-corrected chi connectivity index (χ2v) is 9.46. The van der Waals surface area contributed by atoms with E-state index < -0.39 is 10.0 Å². The Hall–Kier alpha value is -1.90. The van der Waals surface area contributed by atoms with Crippen LogP contribution in [0.1, 0.15) is 19.8 Å². The average Bonchev–Trinajstić information content (AvgIpc) is 2.69. The molecule has 8 heteroatoms. The molecule has 0 bridgehead atoms. The molecule has 1 fully saturated rings. The van der Waals surface area contributed by atoms with E-state index >= 15 is 0 Å². The van der Waals surface area contributed by atoms with E-state index in [-0.39, 0.29) is 23.3 Å². The van der Waals surface area contributed by atoms with Crippen molar-refractivity contribution in [2.75, 3.05) is 25.0 Å². The van der Waals surface area contributed by atoms with Gasteiger partial charge < -0.3 is 10.1 Å². The van der Waals surface area contributed by atoms with Crippen LogP contribution in [0.15, 0.2) is 57.9 Å². The maximum atomic E-state index is 13.0. The highest BCUT2D eigenvalue weighted by atomic mass is 79.9. The van der Waals surface area contributed by atoms with Crippen LogP contribution in [0.25, 0.3) is 0 Å². The molecule has 1 N–H and O–H groups in total. The summed E-state index contributed by atoms with van der Waals surface area (Å²) in [6.45, 7) is 2.98. The lowest BCUT2D eigenvalue weighted by atomic mass is 9.99. The van der Waals surface area contributed by atoms with Gasteiger partial charge in [-0.1, -0.05) is 22.0 Å². The second-order valence-electron chi connectivity index (χ2n) is 6.61. The Bertz CT molecular complexity index is 931. The molecule has 0 saturated carbocycles. The molecule has 150 valence electrons. The largest absolute Gasteiger partial charge is 0.494 e. The van der Waals surface area contributed by atoms with Gasteiger partial charge in [0.2, 0.25) is 15.9 Å². The lowest BCUT2D eigenvalue weighted by molar-refractivity contribution is -0.120. The summed E-state index contributed by atoms with van der Waals surface area (Å²) in [6.07, 6.45) is 1.31. The molecule has 0 spiro atoms. The van der Waals surface area contributed by atoms with E-state index in [1.54, 1.807) is 30.3 Å². The number of anilines is 1. The van der Waals surface area contributed by atoms with Gasteiger partial charge in [-0.2, -0.15) is 4.31 Å². The number of carbonyl (C=O) groups is 1. The Labute approximate surface area is 174 Å². The third kappa shape index (κ3) is 4.92. The molecule has 2 aromatic carbocycles. The van der Waals surface area contributed by atoms with Crippen molar-refractivity contribution in [2.45, 2.75) is 24.7 Å². The number of carbonyl (C=O) groups excluding carboxylic acids is 1. The number of hydrogen-bond donors (Lipinski definition) is 1. The van der Waals surface area contributed by atoms with Crippen molar-refractivity contribution in [1.82, 2.24) is 4.31 Å². The Kier molecular flexibility index (Phi) is 6.74. The first-order valence-electron chi connectivity index (χ1n) is 9.19. The number of hydrogen-bond acceptors (Lipinski definition) is 4. The molecule has 1 aliphatic heterocycles. The van der Waals surface area contributed by atoms with E-state index in [0.717, 1.165) is 4.47 Å². The summed E-state index contributed by atoms with van der Waals surface area (Å²) < 4.78 is 33.6. The van der Waals surface area contributed by atoms with E-state index in [4.69, 9.17) is 4.74 Å². The van der Waals surface area contributed by atoms with Gasteiger partial charge in [-0.3, -0.25) is 4.79 Å². The molecular weight excluding hydrogens is 444 g/mol. The van der Waals surface area contributed by atoms with Crippen molar-refractivity contribution >= 4 is 37.5 Å². The molecule has 3 rings (SSSR count). The number of piperidine rings is 1. The highest BCUT2D eigenvalue weighted by Crippen LogP contribution is 2.26. The Morgan fingerprint density at radius 1 is 1.25 bits per heavy atom. The molecule has 0 aliphatic carbocycles. The minimum Gasteiger partial charge on any atom is -0.494 e. The first-order valence-corrected chi connectivity index (χ1v) is 11.4. The van der Waals surface area contributed by atoms with Crippen LogP contribution >= 0.6 is 15.9 Å². The number of sulfonamides is 1. The van der Waals surface area contributed by atoms with Crippen LogP contribution in [0, 0.1) is 5.92 Å². The highest BCUT2D eigenvalue weighted by molar-refractivity contribution is 9.10. The summed E-state index contributed by atoms with van der Waals surface area (Å²) in [6, 6.07) is 13.7. The van der Waals surface area contributed by atoms with Gasteiger partial charge in [-0.25, -0.2) is 8.42 Å². The predicted octanol–water partition coefficient (Wildman–Crippen LogP) is 3.89. The topological polar surface area (TPSA) is 75.7 Å². The lowest BCUT2D eigenvalue weighted by Crippen LogP contribution is -2.43. The first kappa shape index (κ1) is 20.8. The fourth-order valence-electron chi connectivity index (χ4n) is 3.21. The number of rotatable bonds is 6. The summed E-state index contributed by atoms with van der Waals surface area (Å²) in [4.78, 5) is 12.9. The standard InChI is InChI=1S/C20H23BrN2O4S/c1-2-27-18-8-10-19(11-9-18)28(25,26)23-12-4-5-15(14-23)20(24)22-17-7-3-6-16(21)13-17/h3,6-11,13,15H,2,4-5,12,14H2,1H3,(H,22,24)/t15-/m1/s1. The Balaban J connectivity index is 1.70. The molecule has 1 heterocycles. The molecular formula is C20H23BrN2O4S. The van der Waals surface area contributed by atoms with E-state index in [2.05, 4.69) is 21.2 Å². The lowest BCUT2D eigenvalue weighted by Gasteiger charge is -2.31. The average molecular weight is 467 g/mol. The molecule has 1 aliphatic rings. The van der Waals surface area contributed by atoms with Gasteiger partial charge in [0.1, 0.15) is 5.75 Å². The zero-order valence-electron chi connectivity index (χ0n) is 15.6. The van der Waals surface area contributed by atoms with Crippen LogP contribution in [0.2, 0.25) is 0 Å². The van der Waals surface area contributed by atoms with Crippen LogP contribution in [0.3, 0.4) is 0 Å². The predicted molar refractivity (Wildman–Crippen MR) is 112 cm³/mol. The summed E-state index contributed by atoms with van der Waals surface area (Å²) in [7, 11) is -3.65. The molecule has 1 atom stereocenters. The van der Waals surface area contributed by atoms with Crippen LogP contribution in [0.4, 0.5) is 5.69 Å². The van der Waals surface area contributed by atoms with Crippen molar-refractivity contribution in [3.05, 3.63) is 53.0 Å². The van der Waals surface area contributed by atoms with Crippen molar-refractivity contribution in [1.29, 1.82) is 0 Å². The van der Waals surface area contributed by atoms with Crippen molar-refractivity contribution < 1.29 is 17.9 Å². The monoisotopic (exact) mass is 466 g/mol. The zero-order valence-corrected chi connectivity index (χ0v) is 18.0. The normalized spacial score (nSPS) is 17.9. The SMILES string of the molecule is CCOc1ccc(S(=O)(=O)N2CCC[C@@H](C(=O)Nc3cccc(Br)c3)C2)cc1. The van der Waals surface area contributed by atoms with Crippen LogP contribution < -0.4 is 10.1 Å². The quantitative estimate of drug-likeness (QED) is 0.700. The third-order valence-electron chi connectivity index (χ3n) is 4.62. The minimum absolute atomic E-state index is 0.162. The Morgan fingerprint density at radius 3 is 2.68 bits per heavy atom. The van der Waals surface area contributed by atoms with Gasteiger partial charge in [0.05, 0.1) is 17.4 Å². The molecule has 0 unspecified atom stereocenters. The molecule has 1 saturated heterocycles. The van der Waals surface area contributed by atoms with Crippen LogP contribution in [0.5, 0.6) is 5.75 Å². The van der Waals surface area contributed by atoms with Gasteiger partial charge in [0.15, 0.2) is 0 Å². The van der Waals surface area contributed by atoms with Crippen LogP contribution in [-0.2, 0) is 14.8 Å². The smallest absolute Gasteiger partial charge is 0.243 e. The number of amides is 1. The van der Waals surface area contributed by atoms with Gasteiger partial charge >= 0.3 is 0 Å². The van der Waals surface area contributed by atoms with Gasteiger partial charge in [-0.05, 0) is 62.2 Å². The maximum Gasteiger partial charge on any atom is 0.243 e. The number of nitrogens with zero attached hydrogens (tertiary/aromatic N) is 1. The summed E-state index contributed by atoms with van der Waals surface area (Å²) in [5.74, 6) is 0.0845. The maximum absolute atomic E-state index is 13.0. The van der Waals surface area contributed by atoms with Gasteiger partial charge in [-0.15, -0.1) is 0 Å². The van der Waals surface area contributed by atoms with Crippen molar-refractivity contribution in [2.24, 2.45) is 5.92 Å². The highest BCUT2D eigenvalue weighted by Gasteiger charge is 2.33. The van der Waals surface area contributed by atoms with Crippen LogP contribution in [-0.4, -0.2) is 38.3 Å². The first-order chi connectivity index (χ1) is 13.4. The minimum atomic E-state index is -3.65. The van der Waals surface area contributed by atoms with Crippen molar-refractivity contribution in [3.8, 4) is 5.75 Å². The molecule has 6 nitrogen and oxygen atoms in total. The van der Waals surface area contributed by atoms with E-state index in [1.807, 2.05) is 25.1 Å². The van der Waals surface area contributed by atoms with E-state index in [0.29, 0.717) is 37.4 Å². The molecule has 0 radical (unpaired) electrons. The molecule has 1 amide bonds. The number of benzene rings is 2. The molecule has 2 aromatic rings. The summed E-state index contributed by atoms with van der Waals surface area (Å²) in [5, 5.41) is 2.88. The Morgan fingerprint density at radius 2 is 2.00 bits per heavy atom. The van der Waals surface area contributed by atoms with Gasteiger partial charge in [0, 0.05) is 23.2 Å². The summed E-state index contributed by atoms with van der Waals surface area (Å²) >= 11 is 3.38. The van der Waals surface area contributed by atoms with E-state index in [9.17, 15) is 13.2 Å². The second kappa shape index (κ2) is 9.07. The van der Waals surface area contributed by atoms with Crippen molar-refractivity contribution in [3.63, 3.8) is 0 Å². The fourth-order valence-corrected chi connectivity index (χ4v) is 5.13. The number of halogens is 1.